The van der Waals surface area contributed by atoms with Gasteiger partial charge in [-0.05, 0) is 161 Å². The number of hydrogen-bond donors (Lipinski definition) is 2. The number of hydrogen-bond acceptors (Lipinski definition) is 13. The van der Waals surface area contributed by atoms with Crippen LogP contribution in [0.3, 0.4) is 0 Å². The fraction of sp³-hybridized carbons (Fsp3) is 0.444. The van der Waals surface area contributed by atoms with Crippen molar-refractivity contribution < 1.29 is 62.4 Å². The molecule has 13 nitrogen and oxygen atoms in total. The molecule has 0 amide bonds. The third kappa shape index (κ3) is 21.3. The van der Waals surface area contributed by atoms with E-state index in [1.54, 1.807) is 58.8 Å². The molecule has 0 aliphatic carbocycles. The molecule has 5 unspecified atom stereocenters. The van der Waals surface area contributed by atoms with Crippen molar-refractivity contribution >= 4 is 18.0 Å². The summed E-state index contributed by atoms with van der Waals surface area (Å²) in [4.78, 5) is 24.7. The standard InChI is InChI=1S/C27H40O4.C25H32O5.C20H24O4/c1-10-19(3)22-11-13-23(14-12-22)31-27(6,7)17-30-26-24(20(4)28-8)15-18(2)16-25(26)21(5)29-9;1-6-18(3)20-8-10-21(11-9-20)25(26)30-13-12-29-24-22(16-27-4)14-19(7-2)15-23(24)17-28-5;1-4-14(3)15-5-7-16(8-6-15)20(23)24-19-17(11-21)9-13(2)10-18(19)12-22/h11-16,19-21H,10,17H2,1-9H3;7-11,14-15,18H,2,6,12-13,16-17H2,1,3-5H3;5-10,14,21-22H,4,11-12H2,1-3H3. The highest BCUT2D eigenvalue weighted by Crippen LogP contribution is 2.38. The van der Waals surface area contributed by atoms with E-state index in [1.807, 2.05) is 95.3 Å². The van der Waals surface area contributed by atoms with Crippen LogP contribution in [0.5, 0.6) is 23.0 Å². The van der Waals surface area contributed by atoms with E-state index < -0.39 is 11.6 Å². The number of ether oxygens (including phenoxy) is 9. The lowest BCUT2D eigenvalue weighted by atomic mass is 9.98. The summed E-state index contributed by atoms with van der Waals surface area (Å²) in [6.07, 6.45) is 4.82. The van der Waals surface area contributed by atoms with Gasteiger partial charge in [-0.3, -0.25) is 0 Å². The Balaban J connectivity index is 0.000000276. The van der Waals surface area contributed by atoms with E-state index in [1.165, 1.54) is 16.7 Å². The summed E-state index contributed by atoms with van der Waals surface area (Å²) in [5, 5.41) is 19.0. The monoisotopic (exact) mass is 1170 g/mol. The van der Waals surface area contributed by atoms with Crippen LogP contribution in [0.2, 0.25) is 0 Å². The van der Waals surface area contributed by atoms with E-state index in [4.69, 9.17) is 42.6 Å². The Morgan fingerprint density at radius 1 is 0.541 bits per heavy atom. The number of carbonyl (C=O) groups is 2. The number of aryl methyl sites for hydroxylation is 2. The van der Waals surface area contributed by atoms with Gasteiger partial charge in [-0.25, -0.2) is 9.59 Å². The number of esters is 2. The molecule has 0 fully saturated rings. The molecule has 0 saturated heterocycles. The molecular weight excluding hydrogens is 1070 g/mol. The van der Waals surface area contributed by atoms with Gasteiger partial charge in [-0.15, -0.1) is 0 Å². The van der Waals surface area contributed by atoms with E-state index in [9.17, 15) is 19.8 Å². The van der Waals surface area contributed by atoms with Crippen molar-refractivity contribution in [3.05, 3.63) is 194 Å². The van der Waals surface area contributed by atoms with Crippen LogP contribution in [0.15, 0.2) is 116 Å². The van der Waals surface area contributed by atoms with Gasteiger partial charge < -0.3 is 52.8 Å². The molecule has 2 N–H and O–H groups in total. The molecule has 6 rings (SSSR count). The van der Waals surface area contributed by atoms with Gasteiger partial charge >= 0.3 is 11.9 Å². The first-order valence-corrected chi connectivity index (χ1v) is 29.6. The summed E-state index contributed by atoms with van der Waals surface area (Å²) in [5.41, 5.74) is 12.0. The van der Waals surface area contributed by atoms with Crippen molar-refractivity contribution in [1.29, 1.82) is 0 Å². The SMILES string of the molecule is C=Cc1cc(COC)c(OCCOC(=O)c2ccc(C(C)CC)cc2)c(COC)c1.CCC(C)c1ccc(C(=O)Oc2c(CO)cc(C)cc2CO)cc1.CCC(C)c1ccc(OC(C)(C)COc2c(C(C)OC)cc(C)cc2C(C)OC)cc1. The molecule has 0 aliphatic rings. The molecular formula is C72H96O13. The van der Waals surface area contributed by atoms with Crippen LogP contribution >= 0.6 is 0 Å². The quantitative estimate of drug-likeness (QED) is 0.0260. The molecule has 0 spiro atoms. The lowest BCUT2D eigenvalue weighted by Crippen LogP contribution is -2.36. The largest absolute Gasteiger partial charge is 0.489 e. The predicted molar refractivity (Wildman–Crippen MR) is 339 cm³/mol. The van der Waals surface area contributed by atoms with E-state index in [0.29, 0.717) is 65.6 Å². The van der Waals surface area contributed by atoms with Crippen molar-refractivity contribution in [3.8, 4) is 23.0 Å². The average molecular weight is 1170 g/mol. The number of rotatable bonds is 29. The summed E-state index contributed by atoms with van der Waals surface area (Å²) in [5.74, 6) is 3.20. The fourth-order valence-corrected chi connectivity index (χ4v) is 9.33. The van der Waals surface area contributed by atoms with Gasteiger partial charge in [0.2, 0.25) is 0 Å². The molecule has 5 atom stereocenters. The molecule has 85 heavy (non-hydrogen) atoms. The van der Waals surface area contributed by atoms with Gasteiger partial charge in [0, 0.05) is 61.8 Å². The Hall–Kier alpha value is -6.84. The molecule has 462 valence electrons. The summed E-state index contributed by atoms with van der Waals surface area (Å²) >= 11 is 0. The van der Waals surface area contributed by atoms with E-state index in [-0.39, 0.29) is 50.4 Å². The maximum atomic E-state index is 12.4. The highest BCUT2D eigenvalue weighted by atomic mass is 16.6. The van der Waals surface area contributed by atoms with Crippen LogP contribution in [0.4, 0.5) is 0 Å². The Kier molecular flexibility index (Phi) is 29.6. The number of benzene rings is 6. The normalized spacial score (nSPS) is 12.9. The number of aliphatic hydroxyl groups excluding tert-OH is 2. The third-order valence-corrected chi connectivity index (χ3v) is 15.1. The zero-order valence-corrected chi connectivity index (χ0v) is 53.5. The summed E-state index contributed by atoms with van der Waals surface area (Å²) in [6.45, 7) is 30.0. The predicted octanol–water partition coefficient (Wildman–Crippen LogP) is 16.2. The van der Waals surface area contributed by atoms with Crippen molar-refractivity contribution in [2.45, 2.75) is 164 Å². The first-order chi connectivity index (χ1) is 40.6. The first kappa shape index (κ1) is 70.6. The van der Waals surface area contributed by atoms with Crippen LogP contribution in [-0.2, 0) is 50.1 Å². The average Bonchev–Trinajstić information content (AvgIpc) is 3.28. The van der Waals surface area contributed by atoms with E-state index >= 15 is 0 Å². The summed E-state index contributed by atoms with van der Waals surface area (Å²) in [7, 11) is 6.70. The van der Waals surface area contributed by atoms with Gasteiger partial charge in [-0.2, -0.15) is 0 Å². The smallest absolute Gasteiger partial charge is 0.343 e. The van der Waals surface area contributed by atoms with Gasteiger partial charge in [0.25, 0.3) is 0 Å². The number of methoxy groups -OCH3 is 4. The second-order valence-electron chi connectivity index (χ2n) is 22.3. The minimum Gasteiger partial charge on any atom is -0.489 e. The Labute approximate surface area is 507 Å². The van der Waals surface area contributed by atoms with Gasteiger partial charge in [-0.1, -0.05) is 114 Å². The molecule has 13 heteroatoms. The van der Waals surface area contributed by atoms with E-state index in [0.717, 1.165) is 69.7 Å². The zero-order chi connectivity index (χ0) is 62.8. The third-order valence-electron chi connectivity index (χ3n) is 15.1. The van der Waals surface area contributed by atoms with Crippen molar-refractivity contribution in [3.63, 3.8) is 0 Å². The van der Waals surface area contributed by atoms with Crippen LogP contribution in [0.25, 0.3) is 6.08 Å². The molecule has 0 aromatic heterocycles. The second-order valence-corrected chi connectivity index (χ2v) is 22.3. The molecule has 0 saturated carbocycles. The maximum absolute atomic E-state index is 12.4. The van der Waals surface area contributed by atoms with Crippen molar-refractivity contribution in [1.82, 2.24) is 0 Å². The molecule has 6 aromatic carbocycles. The first-order valence-electron chi connectivity index (χ1n) is 29.6. The molecule has 0 aliphatic heterocycles. The highest BCUT2D eigenvalue weighted by molar-refractivity contribution is 5.91. The lowest BCUT2D eigenvalue weighted by Gasteiger charge is -2.29. The van der Waals surface area contributed by atoms with Gasteiger partial charge in [0.1, 0.15) is 48.4 Å². The number of aliphatic hydroxyl groups is 2. The van der Waals surface area contributed by atoms with E-state index in [2.05, 4.69) is 79.3 Å². The molecule has 6 aromatic rings. The fourth-order valence-electron chi connectivity index (χ4n) is 9.33. The Morgan fingerprint density at radius 3 is 1.36 bits per heavy atom. The van der Waals surface area contributed by atoms with Crippen molar-refractivity contribution in [2.24, 2.45) is 0 Å². The summed E-state index contributed by atoms with van der Waals surface area (Å²) in [6, 6.07) is 35.0. The van der Waals surface area contributed by atoms with Crippen molar-refractivity contribution in [2.75, 3.05) is 48.3 Å². The van der Waals surface area contributed by atoms with Gasteiger partial charge in [0.05, 0.1) is 49.8 Å². The van der Waals surface area contributed by atoms with Gasteiger partial charge in [0.15, 0.2) is 0 Å². The second kappa shape index (κ2) is 35.6. The topological polar surface area (TPSA) is 158 Å². The van der Waals surface area contributed by atoms with Crippen LogP contribution < -0.4 is 18.9 Å². The van der Waals surface area contributed by atoms with Crippen LogP contribution in [0, 0.1) is 13.8 Å². The molecule has 0 bridgehead atoms. The lowest BCUT2D eigenvalue weighted by molar-refractivity contribution is 0.0446. The minimum atomic E-state index is -0.510. The highest BCUT2D eigenvalue weighted by Gasteiger charge is 2.26. The molecule has 0 heterocycles. The summed E-state index contributed by atoms with van der Waals surface area (Å²) < 4.78 is 51.3. The maximum Gasteiger partial charge on any atom is 0.343 e. The van der Waals surface area contributed by atoms with Crippen LogP contribution in [0.1, 0.15) is 206 Å². The number of carbonyl (C=O) groups excluding carboxylic acids is 2. The Morgan fingerprint density at radius 2 is 0.965 bits per heavy atom. The van der Waals surface area contributed by atoms with Crippen LogP contribution in [-0.4, -0.2) is 76.0 Å². The minimum absolute atomic E-state index is 0.0881. The zero-order valence-electron chi connectivity index (χ0n) is 53.5. The molecule has 0 radical (unpaired) electrons. The Bertz CT molecular complexity index is 2920.